The lowest BCUT2D eigenvalue weighted by Gasteiger charge is -2.24. The van der Waals surface area contributed by atoms with Gasteiger partial charge >= 0.3 is 0 Å². The molecule has 0 aliphatic carbocycles. The van der Waals surface area contributed by atoms with E-state index < -0.39 is 21.3 Å². The first-order chi connectivity index (χ1) is 12.1. The van der Waals surface area contributed by atoms with Gasteiger partial charge in [-0.25, -0.2) is 12.8 Å². The minimum atomic E-state index is -3.88. The quantitative estimate of drug-likeness (QED) is 0.891. The summed E-state index contributed by atoms with van der Waals surface area (Å²) in [4.78, 5) is 13.9. The second-order valence-corrected chi connectivity index (χ2v) is 8.46. The molecule has 0 radical (unpaired) electrons. The molecule has 0 fully saturated rings. The van der Waals surface area contributed by atoms with Crippen LogP contribution >= 0.6 is 0 Å². The van der Waals surface area contributed by atoms with E-state index in [1.807, 2.05) is 0 Å². The Balaban J connectivity index is 1.93. The van der Waals surface area contributed by atoms with E-state index in [1.54, 1.807) is 33.0 Å². The van der Waals surface area contributed by atoms with Crippen molar-refractivity contribution < 1.29 is 22.3 Å². The van der Waals surface area contributed by atoms with Crippen molar-refractivity contribution in [3.05, 3.63) is 48.3 Å². The Hall–Kier alpha value is -2.61. The highest BCUT2D eigenvalue weighted by atomic mass is 32.2. The summed E-state index contributed by atoms with van der Waals surface area (Å²) >= 11 is 0. The van der Waals surface area contributed by atoms with Gasteiger partial charge in [-0.15, -0.1) is 0 Å². The van der Waals surface area contributed by atoms with Gasteiger partial charge in [-0.1, -0.05) is 0 Å². The average Bonchev–Trinajstić information content (AvgIpc) is 2.66. The van der Waals surface area contributed by atoms with Gasteiger partial charge in [-0.3, -0.25) is 9.52 Å². The molecule has 0 aromatic heterocycles. The average molecular weight is 378 g/mol. The normalized spacial score (nSPS) is 16.5. The van der Waals surface area contributed by atoms with Crippen LogP contribution in [0.4, 0.5) is 15.8 Å². The number of carbonyl (C=O) groups is 1. The van der Waals surface area contributed by atoms with Crippen LogP contribution < -0.4 is 14.4 Å². The fourth-order valence-electron chi connectivity index (χ4n) is 2.68. The first-order valence-corrected chi connectivity index (χ1v) is 9.42. The smallest absolute Gasteiger partial charge is 0.261 e. The van der Waals surface area contributed by atoms with Gasteiger partial charge in [0.2, 0.25) is 5.91 Å². The van der Waals surface area contributed by atoms with Crippen molar-refractivity contribution in [1.82, 2.24) is 0 Å². The number of nitrogens with one attached hydrogen (secondary N) is 1. The first-order valence-electron chi connectivity index (χ1n) is 7.93. The topological polar surface area (TPSA) is 75.7 Å². The number of nitrogens with zero attached hydrogens (tertiary/aromatic N) is 1. The molecule has 2 aromatic carbocycles. The summed E-state index contributed by atoms with van der Waals surface area (Å²) in [5.41, 5.74) is 0.0533. The lowest BCUT2D eigenvalue weighted by atomic mass is 9.93. The van der Waals surface area contributed by atoms with Crippen LogP contribution in [0.1, 0.15) is 13.8 Å². The molecular weight excluding hydrogens is 359 g/mol. The molecule has 1 N–H and O–H groups in total. The Morgan fingerprint density at radius 2 is 1.81 bits per heavy atom. The number of hydrogen-bond acceptors (Lipinski definition) is 4. The molecule has 1 heterocycles. The van der Waals surface area contributed by atoms with Crippen LogP contribution in [0.25, 0.3) is 0 Å². The lowest BCUT2D eigenvalue weighted by Crippen LogP contribution is -2.39. The summed E-state index contributed by atoms with van der Waals surface area (Å²) in [5, 5.41) is 0. The van der Waals surface area contributed by atoms with Crippen LogP contribution in [-0.2, 0) is 14.8 Å². The fraction of sp³-hybridized carbons (Fsp3) is 0.278. The summed E-state index contributed by atoms with van der Waals surface area (Å²) in [5.74, 6) is -0.153. The van der Waals surface area contributed by atoms with Gasteiger partial charge < -0.3 is 9.64 Å². The van der Waals surface area contributed by atoms with E-state index in [-0.39, 0.29) is 23.1 Å². The third-order valence-corrected chi connectivity index (χ3v) is 5.57. The summed E-state index contributed by atoms with van der Waals surface area (Å²) in [6.07, 6.45) is 0. The van der Waals surface area contributed by atoms with Crippen molar-refractivity contribution in [1.29, 1.82) is 0 Å². The number of halogens is 1. The van der Waals surface area contributed by atoms with E-state index in [4.69, 9.17) is 4.74 Å². The molecule has 0 atom stereocenters. The van der Waals surface area contributed by atoms with Gasteiger partial charge in [0, 0.05) is 7.05 Å². The molecule has 0 unspecified atom stereocenters. The largest absolute Gasteiger partial charge is 0.490 e. The monoisotopic (exact) mass is 378 g/mol. The Bertz CT molecular complexity index is 956. The number of carbonyl (C=O) groups excluding carboxylic acids is 1. The van der Waals surface area contributed by atoms with Crippen LogP contribution in [0.5, 0.6) is 5.75 Å². The maximum Gasteiger partial charge on any atom is 0.261 e. The first kappa shape index (κ1) is 18.2. The van der Waals surface area contributed by atoms with Gasteiger partial charge in [-0.2, -0.15) is 0 Å². The van der Waals surface area contributed by atoms with Gasteiger partial charge in [0.05, 0.1) is 21.7 Å². The summed E-state index contributed by atoms with van der Waals surface area (Å²) in [6.45, 7) is 3.80. The Kier molecular flexibility index (Phi) is 4.39. The van der Waals surface area contributed by atoms with Crippen molar-refractivity contribution in [2.45, 2.75) is 18.7 Å². The van der Waals surface area contributed by atoms with Crippen molar-refractivity contribution in [2.75, 3.05) is 23.3 Å². The maximum atomic E-state index is 13.0. The predicted molar refractivity (Wildman–Crippen MR) is 96.3 cm³/mol. The number of hydrogen-bond donors (Lipinski definition) is 1. The molecule has 0 saturated heterocycles. The summed E-state index contributed by atoms with van der Waals surface area (Å²) in [6, 6.07) is 9.22. The molecular formula is C18H19FN2O4S. The molecule has 0 saturated carbocycles. The number of benzene rings is 2. The minimum Gasteiger partial charge on any atom is -0.490 e. The highest BCUT2D eigenvalue weighted by Gasteiger charge is 2.36. The zero-order valence-electron chi connectivity index (χ0n) is 14.6. The van der Waals surface area contributed by atoms with Crippen molar-refractivity contribution >= 4 is 27.3 Å². The SMILES string of the molecule is CN1C(=O)C(C)(C)COc2ccc(NS(=O)(=O)c3ccc(F)cc3)cc21. The van der Waals surface area contributed by atoms with E-state index >= 15 is 0 Å². The molecule has 1 amide bonds. The van der Waals surface area contributed by atoms with E-state index in [0.717, 1.165) is 12.1 Å². The van der Waals surface area contributed by atoms with E-state index in [9.17, 15) is 17.6 Å². The number of amides is 1. The zero-order valence-corrected chi connectivity index (χ0v) is 15.4. The number of ether oxygens (including phenoxy) is 1. The van der Waals surface area contributed by atoms with Crippen LogP contribution in [-0.4, -0.2) is 28.0 Å². The van der Waals surface area contributed by atoms with E-state index in [1.165, 1.54) is 23.1 Å². The summed E-state index contributed by atoms with van der Waals surface area (Å²) < 4.78 is 46.1. The van der Waals surface area contributed by atoms with Crippen LogP contribution in [0.2, 0.25) is 0 Å². The van der Waals surface area contributed by atoms with Crippen LogP contribution in [0.15, 0.2) is 47.4 Å². The highest BCUT2D eigenvalue weighted by Crippen LogP contribution is 2.37. The highest BCUT2D eigenvalue weighted by molar-refractivity contribution is 7.92. The van der Waals surface area contributed by atoms with E-state index in [2.05, 4.69) is 4.72 Å². The Morgan fingerprint density at radius 3 is 2.46 bits per heavy atom. The summed E-state index contributed by atoms with van der Waals surface area (Å²) in [7, 11) is -2.26. The minimum absolute atomic E-state index is 0.0596. The third-order valence-electron chi connectivity index (χ3n) is 4.17. The van der Waals surface area contributed by atoms with Gasteiger partial charge in [0.25, 0.3) is 10.0 Å². The molecule has 2 aromatic rings. The lowest BCUT2D eigenvalue weighted by molar-refractivity contribution is -0.127. The van der Waals surface area contributed by atoms with Crippen molar-refractivity contribution in [2.24, 2.45) is 5.41 Å². The van der Waals surface area contributed by atoms with Crippen LogP contribution in [0, 0.1) is 11.2 Å². The van der Waals surface area contributed by atoms with Crippen molar-refractivity contribution in [3.63, 3.8) is 0 Å². The predicted octanol–water partition coefficient (Wildman–Crippen LogP) is 3.01. The molecule has 6 nitrogen and oxygen atoms in total. The van der Waals surface area contributed by atoms with Gasteiger partial charge in [0.15, 0.2) is 0 Å². The number of anilines is 2. The molecule has 8 heteroatoms. The fourth-order valence-corrected chi connectivity index (χ4v) is 3.73. The number of sulfonamides is 1. The number of rotatable bonds is 3. The molecule has 3 rings (SSSR count). The molecule has 1 aliphatic heterocycles. The Morgan fingerprint density at radius 1 is 1.15 bits per heavy atom. The molecule has 0 bridgehead atoms. The van der Waals surface area contributed by atoms with Gasteiger partial charge in [-0.05, 0) is 56.3 Å². The standard InChI is InChI=1S/C18H19FN2O4S/c1-18(2)11-25-16-9-6-13(10-15(16)21(3)17(18)22)20-26(23,24)14-7-4-12(19)5-8-14/h4-10,20H,11H2,1-3H3. The van der Waals surface area contributed by atoms with Gasteiger partial charge in [0.1, 0.15) is 18.2 Å². The zero-order chi connectivity index (χ0) is 19.1. The molecule has 0 spiro atoms. The van der Waals surface area contributed by atoms with Crippen LogP contribution in [0.3, 0.4) is 0 Å². The second kappa shape index (κ2) is 6.28. The van der Waals surface area contributed by atoms with E-state index in [0.29, 0.717) is 11.4 Å². The maximum absolute atomic E-state index is 13.0. The Labute approximate surface area is 151 Å². The number of fused-ring (bicyclic) bond motifs is 1. The third kappa shape index (κ3) is 3.37. The molecule has 26 heavy (non-hydrogen) atoms. The molecule has 138 valence electrons. The second-order valence-electron chi connectivity index (χ2n) is 6.78. The van der Waals surface area contributed by atoms with Crippen molar-refractivity contribution in [3.8, 4) is 5.75 Å². The molecule has 1 aliphatic rings.